The highest BCUT2D eigenvalue weighted by molar-refractivity contribution is 6.30. The van der Waals surface area contributed by atoms with Crippen molar-refractivity contribution in [3.8, 4) is 5.75 Å². The van der Waals surface area contributed by atoms with Crippen LogP contribution in [0.1, 0.15) is 25.0 Å². The molecular weight excluding hydrogens is 428 g/mol. The first kappa shape index (κ1) is 25.2. The summed E-state index contributed by atoms with van der Waals surface area (Å²) in [7, 11) is 3.66. The monoisotopic (exact) mass is 458 g/mol. The minimum atomic E-state index is -0.218. The molecule has 0 saturated carbocycles. The van der Waals surface area contributed by atoms with E-state index in [9.17, 15) is 9.59 Å². The number of carbonyl (C=O) groups is 2. The molecule has 0 unspecified atom stereocenters. The Bertz CT molecular complexity index is 914. The van der Waals surface area contributed by atoms with Gasteiger partial charge in [-0.25, -0.2) is 0 Å². The first-order chi connectivity index (χ1) is 15.3. The van der Waals surface area contributed by atoms with Crippen LogP contribution in [0.15, 0.2) is 48.5 Å². The van der Waals surface area contributed by atoms with Crippen LogP contribution in [0.2, 0.25) is 5.02 Å². The van der Waals surface area contributed by atoms with Gasteiger partial charge >= 0.3 is 0 Å². The number of rotatable bonds is 6. The normalized spacial score (nSPS) is 13.2. The highest BCUT2D eigenvalue weighted by Gasteiger charge is 2.27. The van der Waals surface area contributed by atoms with E-state index in [4.69, 9.17) is 21.7 Å². The summed E-state index contributed by atoms with van der Waals surface area (Å²) in [6.45, 7) is 5.36. The van der Waals surface area contributed by atoms with E-state index >= 15 is 0 Å². The number of amides is 2. The zero-order chi connectivity index (χ0) is 23.7. The smallest absolute Gasteiger partial charge is 0.261 e. The molecule has 2 amide bonds. The number of nitrogens with zero attached hydrogens (tertiary/aromatic N) is 3. The molecule has 8 heteroatoms. The van der Waals surface area contributed by atoms with Crippen LogP contribution >= 0.6 is 11.6 Å². The van der Waals surface area contributed by atoms with E-state index < -0.39 is 0 Å². The summed E-state index contributed by atoms with van der Waals surface area (Å²) in [5.74, 6) is 0.685. The minimum absolute atomic E-state index is 0.0478. The van der Waals surface area contributed by atoms with Crippen molar-refractivity contribution in [2.75, 3.05) is 40.3 Å². The second kappa shape index (κ2) is 12.1. The van der Waals surface area contributed by atoms with Crippen LogP contribution in [-0.4, -0.2) is 72.7 Å². The highest BCUT2D eigenvalue weighted by Crippen LogP contribution is 2.16. The van der Waals surface area contributed by atoms with E-state index in [0.29, 0.717) is 36.2 Å². The molecule has 0 aliphatic carbocycles. The van der Waals surface area contributed by atoms with Crippen LogP contribution in [0.4, 0.5) is 0 Å². The van der Waals surface area contributed by atoms with Gasteiger partial charge < -0.3 is 19.4 Å². The van der Waals surface area contributed by atoms with Crippen LogP contribution in [0.25, 0.3) is 0 Å². The van der Waals surface area contributed by atoms with E-state index in [1.165, 1.54) is 4.90 Å². The molecule has 0 atom stereocenters. The lowest BCUT2D eigenvalue weighted by Crippen LogP contribution is -2.52. The zero-order valence-corrected chi connectivity index (χ0v) is 19.9. The summed E-state index contributed by atoms with van der Waals surface area (Å²) in [4.78, 5) is 29.9. The molecule has 1 N–H and O–H groups in total. The lowest BCUT2D eigenvalue weighted by atomic mass is 10.1. The van der Waals surface area contributed by atoms with Crippen molar-refractivity contribution in [3.05, 3.63) is 64.7 Å². The van der Waals surface area contributed by atoms with Crippen LogP contribution < -0.4 is 4.74 Å². The Hall–Kier alpha value is -3.06. The molecule has 0 spiro atoms. The molecular formula is C24H31ClN4O3. The molecule has 172 valence electrons. The Morgan fingerprint density at radius 3 is 2.25 bits per heavy atom. The lowest BCUT2D eigenvalue weighted by Gasteiger charge is -2.34. The second-order valence-corrected chi connectivity index (χ2v) is 7.75. The second-order valence-electron chi connectivity index (χ2n) is 7.31. The molecule has 1 fully saturated rings. The molecule has 1 aliphatic heterocycles. The summed E-state index contributed by atoms with van der Waals surface area (Å²) in [5.41, 5.74) is 1.82. The summed E-state index contributed by atoms with van der Waals surface area (Å²) in [6, 6.07) is 14.4. The fourth-order valence-electron chi connectivity index (χ4n) is 3.10. The predicted octanol–water partition coefficient (Wildman–Crippen LogP) is 3.50. The van der Waals surface area contributed by atoms with Gasteiger partial charge in [0, 0.05) is 44.3 Å². The van der Waals surface area contributed by atoms with Gasteiger partial charge in [-0.05, 0) is 29.8 Å². The van der Waals surface area contributed by atoms with Gasteiger partial charge in [-0.3, -0.25) is 15.0 Å². The van der Waals surface area contributed by atoms with Gasteiger partial charge in [0.25, 0.3) is 5.91 Å². The molecule has 1 heterocycles. The van der Waals surface area contributed by atoms with Crippen molar-refractivity contribution < 1.29 is 14.3 Å². The van der Waals surface area contributed by atoms with E-state index in [2.05, 4.69) is 0 Å². The fraction of sp³-hybridized carbons (Fsp3) is 0.375. The molecule has 3 rings (SSSR count). The van der Waals surface area contributed by atoms with E-state index in [-0.39, 0.29) is 25.0 Å². The predicted molar refractivity (Wildman–Crippen MR) is 127 cm³/mol. The van der Waals surface area contributed by atoms with E-state index in [1.807, 2.05) is 52.2 Å². The average molecular weight is 459 g/mol. The molecule has 0 radical (unpaired) electrons. The zero-order valence-electron chi connectivity index (χ0n) is 19.1. The van der Waals surface area contributed by atoms with E-state index in [1.54, 1.807) is 34.1 Å². The standard InChI is InChI=1S/C22H25ClN4O3.C2H6/c1-25(2)22(24)17-5-3-16(4-6-17)13-26-11-12-27(14-20(26)28)21(29)15-30-19-9-7-18(23)8-10-19;1-2/h3-10,24H,11-15H2,1-2H3;1-2H3. The maximum absolute atomic E-state index is 12.5. The Kier molecular flexibility index (Phi) is 9.53. The van der Waals surface area contributed by atoms with Gasteiger partial charge in [0.05, 0.1) is 6.54 Å². The van der Waals surface area contributed by atoms with Crippen LogP contribution in [0, 0.1) is 5.41 Å². The summed E-state index contributed by atoms with van der Waals surface area (Å²) >= 11 is 5.83. The molecule has 1 aliphatic rings. The molecule has 1 saturated heterocycles. The number of amidine groups is 1. The molecule has 0 bridgehead atoms. The number of piperazine rings is 1. The number of nitrogens with one attached hydrogen (secondary N) is 1. The molecule has 32 heavy (non-hydrogen) atoms. The topological polar surface area (TPSA) is 76.9 Å². The summed E-state index contributed by atoms with van der Waals surface area (Å²) < 4.78 is 5.49. The maximum atomic E-state index is 12.5. The van der Waals surface area contributed by atoms with Crippen molar-refractivity contribution in [2.24, 2.45) is 0 Å². The minimum Gasteiger partial charge on any atom is -0.484 e. The number of benzene rings is 2. The van der Waals surface area contributed by atoms with E-state index in [0.717, 1.165) is 11.1 Å². The van der Waals surface area contributed by atoms with Gasteiger partial charge in [0.15, 0.2) is 6.61 Å². The number of hydrogen-bond donors (Lipinski definition) is 1. The number of hydrogen-bond acceptors (Lipinski definition) is 4. The molecule has 2 aromatic rings. The molecule has 0 aromatic heterocycles. The van der Waals surface area contributed by atoms with Gasteiger partial charge in [-0.1, -0.05) is 49.7 Å². The first-order valence-corrected chi connectivity index (χ1v) is 11.0. The number of ether oxygens (including phenoxy) is 1. The third kappa shape index (κ3) is 6.99. The van der Waals surface area contributed by atoms with Crippen molar-refractivity contribution in [2.45, 2.75) is 20.4 Å². The third-order valence-corrected chi connectivity index (χ3v) is 5.15. The van der Waals surface area contributed by atoms with Gasteiger partial charge in [-0.2, -0.15) is 0 Å². The maximum Gasteiger partial charge on any atom is 0.261 e. The van der Waals surface area contributed by atoms with Gasteiger partial charge in [-0.15, -0.1) is 0 Å². The summed E-state index contributed by atoms with van der Waals surface area (Å²) in [5, 5.41) is 8.61. The Balaban J connectivity index is 0.00000176. The largest absolute Gasteiger partial charge is 0.484 e. The van der Waals surface area contributed by atoms with Gasteiger partial charge in [0.2, 0.25) is 5.91 Å². The Morgan fingerprint density at radius 2 is 1.69 bits per heavy atom. The number of halogens is 1. The van der Waals surface area contributed by atoms with Crippen LogP contribution in [0.5, 0.6) is 5.75 Å². The van der Waals surface area contributed by atoms with Crippen LogP contribution in [0.3, 0.4) is 0 Å². The Labute approximate surface area is 195 Å². The molecule has 2 aromatic carbocycles. The van der Waals surface area contributed by atoms with Crippen LogP contribution in [-0.2, 0) is 16.1 Å². The third-order valence-electron chi connectivity index (χ3n) is 4.90. The average Bonchev–Trinajstić information content (AvgIpc) is 2.81. The van der Waals surface area contributed by atoms with Crippen molar-refractivity contribution in [3.63, 3.8) is 0 Å². The van der Waals surface area contributed by atoms with Gasteiger partial charge in [0.1, 0.15) is 11.6 Å². The van der Waals surface area contributed by atoms with Crippen molar-refractivity contribution >= 4 is 29.3 Å². The first-order valence-electron chi connectivity index (χ1n) is 10.6. The van der Waals surface area contributed by atoms with Crippen molar-refractivity contribution in [1.29, 1.82) is 5.41 Å². The number of carbonyl (C=O) groups excluding carboxylic acids is 2. The quantitative estimate of drug-likeness (QED) is 0.531. The fourth-order valence-corrected chi connectivity index (χ4v) is 3.23. The highest BCUT2D eigenvalue weighted by atomic mass is 35.5. The summed E-state index contributed by atoms with van der Waals surface area (Å²) in [6.07, 6.45) is 0. The lowest BCUT2D eigenvalue weighted by molar-refractivity contribution is -0.146. The Morgan fingerprint density at radius 1 is 1.06 bits per heavy atom. The molecule has 7 nitrogen and oxygen atoms in total. The van der Waals surface area contributed by atoms with Crippen molar-refractivity contribution in [1.82, 2.24) is 14.7 Å². The SMILES string of the molecule is CC.CN(C)C(=N)c1ccc(CN2CCN(C(=O)COc3ccc(Cl)cc3)CC2=O)cc1.